The van der Waals surface area contributed by atoms with Crippen molar-refractivity contribution in [2.24, 2.45) is 11.5 Å². The van der Waals surface area contributed by atoms with E-state index in [1.165, 1.54) is 6.08 Å². The molecule has 0 amide bonds. The number of nitrogens with two attached hydrogens (primary N) is 2. The Bertz CT molecular complexity index is 309. The van der Waals surface area contributed by atoms with Crippen LogP contribution in [0.4, 0.5) is 0 Å². The molecule has 0 aliphatic heterocycles. The van der Waals surface area contributed by atoms with Crippen molar-refractivity contribution < 1.29 is 37.8 Å². The van der Waals surface area contributed by atoms with Gasteiger partial charge in [0.25, 0.3) is 0 Å². The van der Waals surface area contributed by atoms with Crippen LogP contribution in [0, 0.1) is 0 Å². The fourth-order valence-corrected chi connectivity index (χ4v) is 1.39. The summed E-state index contributed by atoms with van der Waals surface area (Å²) in [6.07, 6.45) is 0.500. The summed E-state index contributed by atoms with van der Waals surface area (Å²) < 4.78 is 28.0. The molecule has 12 heteroatoms. The summed E-state index contributed by atoms with van der Waals surface area (Å²) >= 11 is 0. The standard InChI is InChI=1S/C3H11N2O4P.C3H7O4P/c4-1-3(2-5)9-10(6,7)8;1-2-3-7-8(4,5)6/h3H,1-2,4-5H2,(H2,6,7,8);2H,1,3H2,(H2,4,5,6). The van der Waals surface area contributed by atoms with Crippen molar-refractivity contribution in [1.29, 1.82) is 0 Å². The molecule has 0 fully saturated rings. The maximum absolute atomic E-state index is 10.1. The first kappa shape index (κ1) is 20.2. The molecular weight excluding hydrogens is 290 g/mol. The normalized spacial score (nSPS) is 11.9. The summed E-state index contributed by atoms with van der Waals surface area (Å²) in [6, 6.07) is 0. The minimum atomic E-state index is -4.41. The van der Waals surface area contributed by atoms with Gasteiger partial charge in [0.05, 0.1) is 12.7 Å². The number of phosphoric ester groups is 2. The molecule has 10 nitrogen and oxygen atoms in total. The zero-order chi connectivity index (χ0) is 14.8. The van der Waals surface area contributed by atoms with Crippen molar-refractivity contribution >= 4 is 15.6 Å². The van der Waals surface area contributed by atoms with E-state index in [1.54, 1.807) is 0 Å². The maximum Gasteiger partial charge on any atom is 0.469 e. The van der Waals surface area contributed by atoms with Gasteiger partial charge in [-0.15, -0.1) is 6.58 Å². The Hall–Kier alpha value is -0.120. The lowest BCUT2D eigenvalue weighted by atomic mass is 10.4. The lowest BCUT2D eigenvalue weighted by molar-refractivity contribution is 0.142. The summed E-state index contributed by atoms with van der Waals surface area (Å²) in [7, 11) is -8.67. The van der Waals surface area contributed by atoms with Gasteiger partial charge in [-0.05, 0) is 0 Å². The Labute approximate surface area is 104 Å². The van der Waals surface area contributed by atoms with Crippen molar-refractivity contribution in [1.82, 2.24) is 0 Å². The predicted molar refractivity (Wildman–Crippen MR) is 63.2 cm³/mol. The average Bonchev–Trinajstić information content (AvgIpc) is 2.21. The maximum atomic E-state index is 10.1. The first-order valence-corrected chi connectivity index (χ1v) is 7.56. The van der Waals surface area contributed by atoms with E-state index in [9.17, 15) is 9.13 Å². The van der Waals surface area contributed by atoms with Gasteiger partial charge in [-0.25, -0.2) is 9.13 Å². The average molecular weight is 308 g/mol. The molecule has 0 heterocycles. The quantitative estimate of drug-likeness (QED) is 0.243. The molecule has 0 atom stereocenters. The van der Waals surface area contributed by atoms with Gasteiger partial charge in [-0.3, -0.25) is 9.05 Å². The van der Waals surface area contributed by atoms with Crippen LogP contribution in [0.5, 0.6) is 0 Å². The molecule has 0 saturated heterocycles. The van der Waals surface area contributed by atoms with Crippen molar-refractivity contribution in [3.63, 3.8) is 0 Å². The van der Waals surface area contributed by atoms with E-state index < -0.39 is 21.7 Å². The first-order chi connectivity index (χ1) is 8.05. The minimum absolute atomic E-state index is 0.00160. The topological polar surface area (TPSA) is 186 Å². The van der Waals surface area contributed by atoms with Gasteiger partial charge >= 0.3 is 15.6 Å². The van der Waals surface area contributed by atoms with Gasteiger partial charge in [0.15, 0.2) is 0 Å². The Kier molecular flexibility index (Phi) is 11.0. The number of rotatable bonds is 7. The van der Waals surface area contributed by atoms with Gasteiger partial charge < -0.3 is 31.0 Å². The second kappa shape index (κ2) is 9.76. The summed E-state index contributed by atoms with van der Waals surface area (Å²) in [6.45, 7) is 3.08. The summed E-state index contributed by atoms with van der Waals surface area (Å²) in [5, 5.41) is 0. The SMILES string of the molecule is C=CCOP(=O)(O)O.NCC(CN)OP(=O)(O)O. The second-order valence-corrected chi connectivity index (χ2v) is 5.20. The van der Waals surface area contributed by atoms with Gasteiger partial charge in [0.2, 0.25) is 0 Å². The van der Waals surface area contributed by atoms with E-state index in [-0.39, 0.29) is 19.7 Å². The summed E-state index contributed by atoms with van der Waals surface area (Å²) in [5.74, 6) is 0. The van der Waals surface area contributed by atoms with Crippen molar-refractivity contribution in [2.45, 2.75) is 6.10 Å². The van der Waals surface area contributed by atoms with Crippen LogP contribution in [0.2, 0.25) is 0 Å². The van der Waals surface area contributed by atoms with Crippen molar-refractivity contribution in [3.8, 4) is 0 Å². The van der Waals surface area contributed by atoms with Gasteiger partial charge in [-0.1, -0.05) is 6.08 Å². The molecule has 18 heavy (non-hydrogen) atoms. The number of phosphoric acid groups is 2. The fraction of sp³-hybridized carbons (Fsp3) is 0.667. The van der Waals surface area contributed by atoms with Crippen LogP contribution in [-0.4, -0.2) is 45.4 Å². The van der Waals surface area contributed by atoms with Crippen LogP contribution >= 0.6 is 15.6 Å². The third-order valence-electron chi connectivity index (χ3n) is 1.17. The van der Waals surface area contributed by atoms with Crippen LogP contribution in [-0.2, 0) is 18.2 Å². The van der Waals surface area contributed by atoms with E-state index in [2.05, 4.69) is 15.6 Å². The zero-order valence-corrected chi connectivity index (χ0v) is 11.2. The van der Waals surface area contributed by atoms with Crippen molar-refractivity contribution in [2.75, 3.05) is 19.7 Å². The van der Waals surface area contributed by atoms with E-state index in [0.717, 1.165) is 0 Å². The third-order valence-corrected chi connectivity index (χ3v) is 2.23. The minimum Gasteiger partial charge on any atom is -0.328 e. The molecule has 0 unspecified atom stereocenters. The number of hydrogen-bond acceptors (Lipinski definition) is 6. The Balaban J connectivity index is 0. The van der Waals surface area contributed by atoms with Gasteiger partial charge in [-0.2, -0.15) is 0 Å². The van der Waals surface area contributed by atoms with Gasteiger partial charge in [0.1, 0.15) is 0 Å². The summed E-state index contributed by atoms with van der Waals surface area (Å²) in [4.78, 5) is 32.4. The molecule has 0 aromatic rings. The first-order valence-electron chi connectivity index (χ1n) is 4.50. The third kappa shape index (κ3) is 18.3. The van der Waals surface area contributed by atoms with E-state index >= 15 is 0 Å². The highest BCUT2D eigenvalue weighted by Gasteiger charge is 2.19. The molecule has 0 saturated carbocycles. The highest BCUT2D eigenvalue weighted by atomic mass is 31.2. The molecule has 0 radical (unpaired) electrons. The Morgan fingerprint density at radius 3 is 1.67 bits per heavy atom. The number of hydrogen-bond donors (Lipinski definition) is 6. The van der Waals surface area contributed by atoms with E-state index in [4.69, 9.17) is 31.0 Å². The van der Waals surface area contributed by atoms with Gasteiger partial charge in [0, 0.05) is 13.1 Å². The molecule has 0 aliphatic carbocycles. The molecule has 0 aliphatic rings. The molecular formula is C6H18N2O8P2. The zero-order valence-electron chi connectivity index (χ0n) is 9.45. The highest BCUT2D eigenvalue weighted by Crippen LogP contribution is 2.37. The molecule has 0 aromatic heterocycles. The monoisotopic (exact) mass is 308 g/mol. The lowest BCUT2D eigenvalue weighted by Crippen LogP contribution is -2.30. The smallest absolute Gasteiger partial charge is 0.328 e. The highest BCUT2D eigenvalue weighted by molar-refractivity contribution is 7.46. The lowest BCUT2D eigenvalue weighted by Gasteiger charge is -2.13. The molecule has 0 rings (SSSR count). The summed E-state index contributed by atoms with van der Waals surface area (Å²) in [5.41, 5.74) is 10.1. The Morgan fingerprint density at radius 2 is 1.56 bits per heavy atom. The predicted octanol–water partition coefficient (Wildman–Crippen LogP) is -1.34. The van der Waals surface area contributed by atoms with E-state index in [1.807, 2.05) is 0 Å². The Morgan fingerprint density at radius 1 is 1.11 bits per heavy atom. The molecule has 110 valence electrons. The molecule has 8 N–H and O–H groups in total. The largest absolute Gasteiger partial charge is 0.469 e. The fourth-order valence-electron chi connectivity index (χ4n) is 0.526. The van der Waals surface area contributed by atoms with Crippen LogP contribution in [0.1, 0.15) is 0 Å². The van der Waals surface area contributed by atoms with Crippen LogP contribution in [0.15, 0.2) is 12.7 Å². The molecule has 0 bridgehead atoms. The van der Waals surface area contributed by atoms with Crippen molar-refractivity contribution in [3.05, 3.63) is 12.7 Å². The van der Waals surface area contributed by atoms with E-state index in [0.29, 0.717) is 0 Å². The molecule has 0 spiro atoms. The second-order valence-electron chi connectivity index (χ2n) is 2.76. The molecule has 0 aromatic carbocycles. The van der Waals surface area contributed by atoms with Crippen LogP contribution in [0.25, 0.3) is 0 Å². The van der Waals surface area contributed by atoms with Crippen LogP contribution in [0.3, 0.4) is 0 Å². The van der Waals surface area contributed by atoms with Crippen LogP contribution < -0.4 is 11.5 Å².